The number of halogens is 1. The van der Waals surface area contributed by atoms with Crippen molar-refractivity contribution in [3.05, 3.63) is 35.4 Å². The van der Waals surface area contributed by atoms with Crippen molar-refractivity contribution in [3.8, 4) is 0 Å². The first kappa shape index (κ1) is 11.9. The van der Waals surface area contributed by atoms with Gasteiger partial charge in [-0.25, -0.2) is 0 Å². The number of nitrogens with zero attached hydrogens (tertiary/aromatic N) is 1. The lowest BCUT2D eigenvalue weighted by atomic mass is 10.1. The van der Waals surface area contributed by atoms with Gasteiger partial charge in [0, 0.05) is 23.1 Å². The van der Waals surface area contributed by atoms with E-state index < -0.39 is 0 Å². The fraction of sp³-hybridized carbons (Fsp3) is 0.417. The van der Waals surface area contributed by atoms with Gasteiger partial charge in [0.25, 0.3) is 5.91 Å². The van der Waals surface area contributed by atoms with Crippen molar-refractivity contribution < 1.29 is 9.90 Å². The van der Waals surface area contributed by atoms with Crippen molar-refractivity contribution >= 4 is 28.5 Å². The molecule has 4 heteroatoms. The topological polar surface area (TPSA) is 40.5 Å². The van der Waals surface area contributed by atoms with Gasteiger partial charge in [-0.1, -0.05) is 34.7 Å². The maximum atomic E-state index is 12.0. The summed E-state index contributed by atoms with van der Waals surface area (Å²) in [6, 6.07) is 7.68. The number of carbonyl (C=O) groups is 1. The van der Waals surface area contributed by atoms with Gasteiger partial charge >= 0.3 is 0 Å². The Bertz CT molecular complexity index is 377. The number of hydrogen-bond donors (Lipinski definition) is 1. The minimum Gasteiger partial charge on any atom is -0.391 e. The molecule has 1 N–H and O–H groups in total. The van der Waals surface area contributed by atoms with Crippen LogP contribution in [-0.2, 0) is 4.43 Å². The van der Waals surface area contributed by atoms with Crippen molar-refractivity contribution in [1.82, 2.24) is 4.90 Å². The Balaban J connectivity index is 2.08. The number of likely N-dealkylation sites (tertiary alicyclic amines) is 1. The van der Waals surface area contributed by atoms with Crippen molar-refractivity contribution in [2.75, 3.05) is 13.1 Å². The van der Waals surface area contributed by atoms with Gasteiger partial charge in [-0.2, -0.15) is 0 Å². The lowest BCUT2D eigenvalue weighted by molar-refractivity contribution is 0.0765. The van der Waals surface area contributed by atoms with Crippen molar-refractivity contribution in [3.63, 3.8) is 0 Å². The molecule has 0 aliphatic carbocycles. The summed E-state index contributed by atoms with van der Waals surface area (Å²) in [7, 11) is 0. The largest absolute Gasteiger partial charge is 0.391 e. The first-order valence-electron chi connectivity index (χ1n) is 5.33. The molecule has 3 nitrogen and oxygen atoms in total. The van der Waals surface area contributed by atoms with Gasteiger partial charge in [-0.15, -0.1) is 0 Å². The van der Waals surface area contributed by atoms with Crippen LogP contribution in [0.15, 0.2) is 24.3 Å². The smallest absolute Gasteiger partial charge is 0.253 e. The summed E-state index contributed by atoms with van der Waals surface area (Å²) in [4.78, 5) is 13.7. The lowest BCUT2D eigenvalue weighted by Gasteiger charge is -2.15. The van der Waals surface area contributed by atoms with Crippen LogP contribution in [0, 0.1) is 0 Å². The SMILES string of the molecule is O=C(c1ccc(CI)cc1)N1CCC(O)C1. The van der Waals surface area contributed by atoms with Gasteiger partial charge in [0.05, 0.1) is 6.10 Å². The predicted octanol–water partition coefficient (Wildman–Crippen LogP) is 1.83. The zero-order chi connectivity index (χ0) is 11.5. The van der Waals surface area contributed by atoms with Crippen LogP contribution in [0.3, 0.4) is 0 Å². The van der Waals surface area contributed by atoms with E-state index in [9.17, 15) is 9.90 Å². The van der Waals surface area contributed by atoms with Crippen LogP contribution in [-0.4, -0.2) is 35.1 Å². The Morgan fingerprint density at radius 3 is 2.62 bits per heavy atom. The Hall–Kier alpha value is -0.620. The molecule has 1 heterocycles. The van der Waals surface area contributed by atoms with Crippen LogP contribution in [0.1, 0.15) is 22.3 Å². The standard InChI is InChI=1S/C12H14INO2/c13-7-9-1-3-10(4-2-9)12(16)14-6-5-11(15)8-14/h1-4,11,15H,5-8H2. The van der Waals surface area contributed by atoms with Crippen molar-refractivity contribution in [2.24, 2.45) is 0 Å². The summed E-state index contributed by atoms with van der Waals surface area (Å²) < 4.78 is 0.953. The molecule has 0 radical (unpaired) electrons. The molecule has 0 aromatic heterocycles. The van der Waals surface area contributed by atoms with Crippen LogP contribution < -0.4 is 0 Å². The van der Waals surface area contributed by atoms with Crippen molar-refractivity contribution in [2.45, 2.75) is 17.0 Å². The highest BCUT2D eigenvalue weighted by atomic mass is 127. The third kappa shape index (κ3) is 2.55. The lowest BCUT2D eigenvalue weighted by Crippen LogP contribution is -2.29. The van der Waals surface area contributed by atoms with Crippen LogP contribution in [0.4, 0.5) is 0 Å². The molecule has 1 fully saturated rings. The minimum absolute atomic E-state index is 0.0246. The third-order valence-corrected chi connectivity index (χ3v) is 3.69. The van der Waals surface area contributed by atoms with Gasteiger partial charge in [0.2, 0.25) is 0 Å². The van der Waals surface area contributed by atoms with E-state index >= 15 is 0 Å². The van der Waals surface area contributed by atoms with E-state index in [-0.39, 0.29) is 12.0 Å². The van der Waals surface area contributed by atoms with E-state index in [1.54, 1.807) is 4.90 Å². The molecule has 1 aromatic carbocycles. The van der Waals surface area contributed by atoms with Crippen LogP contribution in [0.2, 0.25) is 0 Å². The Kier molecular flexibility index (Phi) is 3.81. The number of aliphatic hydroxyl groups excluding tert-OH is 1. The molecule has 2 rings (SSSR count). The molecule has 0 spiro atoms. The zero-order valence-electron chi connectivity index (χ0n) is 8.90. The molecular weight excluding hydrogens is 317 g/mol. The van der Waals surface area contributed by atoms with E-state index in [0.29, 0.717) is 25.1 Å². The number of hydrogen-bond acceptors (Lipinski definition) is 2. The van der Waals surface area contributed by atoms with Crippen LogP contribution in [0.25, 0.3) is 0 Å². The minimum atomic E-state index is -0.349. The first-order chi connectivity index (χ1) is 7.70. The number of amides is 1. The summed E-state index contributed by atoms with van der Waals surface area (Å²) in [5, 5.41) is 9.38. The molecule has 0 bridgehead atoms. The second-order valence-corrected chi connectivity index (χ2v) is 4.79. The summed E-state index contributed by atoms with van der Waals surface area (Å²) in [5.41, 5.74) is 1.93. The summed E-state index contributed by atoms with van der Waals surface area (Å²) >= 11 is 2.29. The highest BCUT2D eigenvalue weighted by molar-refractivity contribution is 14.1. The molecule has 1 unspecified atom stereocenters. The van der Waals surface area contributed by atoms with Gasteiger partial charge in [-0.3, -0.25) is 4.79 Å². The number of benzene rings is 1. The Labute approximate surface area is 109 Å². The van der Waals surface area contributed by atoms with Crippen LogP contribution in [0.5, 0.6) is 0 Å². The number of alkyl halides is 1. The second-order valence-electron chi connectivity index (χ2n) is 4.02. The number of carbonyl (C=O) groups excluding carboxylic acids is 1. The van der Waals surface area contributed by atoms with Crippen molar-refractivity contribution in [1.29, 1.82) is 0 Å². The van der Waals surface area contributed by atoms with Gasteiger partial charge < -0.3 is 10.0 Å². The molecule has 1 saturated heterocycles. The predicted molar refractivity (Wildman–Crippen MR) is 70.7 cm³/mol. The fourth-order valence-electron chi connectivity index (χ4n) is 1.85. The third-order valence-electron chi connectivity index (χ3n) is 2.81. The molecule has 0 saturated carbocycles. The van der Waals surface area contributed by atoms with E-state index in [1.165, 1.54) is 5.56 Å². The van der Waals surface area contributed by atoms with E-state index in [2.05, 4.69) is 22.6 Å². The van der Waals surface area contributed by atoms with Gasteiger partial charge in [0.15, 0.2) is 0 Å². The highest BCUT2D eigenvalue weighted by Crippen LogP contribution is 2.15. The highest BCUT2D eigenvalue weighted by Gasteiger charge is 2.25. The normalized spacial score (nSPS) is 20.1. The quantitative estimate of drug-likeness (QED) is 0.664. The molecule has 86 valence electrons. The zero-order valence-corrected chi connectivity index (χ0v) is 11.1. The molecule has 16 heavy (non-hydrogen) atoms. The summed E-state index contributed by atoms with van der Waals surface area (Å²) in [5.74, 6) is 0.0246. The van der Waals surface area contributed by atoms with E-state index in [4.69, 9.17) is 0 Å². The average molecular weight is 331 g/mol. The first-order valence-corrected chi connectivity index (χ1v) is 6.85. The molecule has 1 amide bonds. The van der Waals surface area contributed by atoms with Crippen LogP contribution >= 0.6 is 22.6 Å². The Morgan fingerprint density at radius 1 is 1.44 bits per heavy atom. The second kappa shape index (κ2) is 5.14. The van der Waals surface area contributed by atoms with Gasteiger partial charge in [-0.05, 0) is 24.1 Å². The molecular formula is C12H14INO2. The maximum Gasteiger partial charge on any atom is 0.253 e. The van der Waals surface area contributed by atoms with E-state index in [1.807, 2.05) is 24.3 Å². The fourth-order valence-corrected chi connectivity index (χ4v) is 2.35. The summed E-state index contributed by atoms with van der Waals surface area (Å²) in [6.45, 7) is 1.13. The number of β-amino-alcohol motifs (C(OH)–C–C–N with tert-alkyl or cyclic N) is 1. The number of rotatable bonds is 2. The Morgan fingerprint density at radius 2 is 2.12 bits per heavy atom. The number of aliphatic hydroxyl groups is 1. The molecule has 1 aromatic rings. The molecule has 1 aliphatic rings. The molecule has 1 atom stereocenters. The maximum absolute atomic E-state index is 12.0. The van der Waals surface area contributed by atoms with Gasteiger partial charge in [0.1, 0.15) is 0 Å². The van der Waals surface area contributed by atoms with E-state index in [0.717, 1.165) is 4.43 Å². The monoisotopic (exact) mass is 331 g/mol. The molecule has 1 aliphatic heterocycles. The average Bonchev–Trinajstić information content (AvgIpc) is 2.75. The summed E-state index contributed by atoms with van der Waals surface area (Å²) in [6.07, 6.45) is 0.343.